The maximum atomic E-state index is 6.40. The third kappa shape index (κ3) is 2.27. The minimum Gasteiger partial charge on any atom is -0.356 e. The number of aromatic nitrogens is 1. The van der Waals surface area contributed by atoms with Crippen LogP contribution in [-0.2, 0) is 6.54 Å². The minimum absolute atomic E-state index is 0.655. The zero-order chi connectivity index (χ0) is 12.5. The Kier molecular flexibility index (Phi) is 3.31. The van der Waals surface area contributed by atoms with Crippen LogP contribution in [0.25, 0.3) is 10.9 Å². The summed E-state index contributed by atoms with van der Waals surface area (Å²) in [6, 6.07) is 8.85. The number of benzene rings is 1. The van der Waals surface area contributed by atoms with Crippen LogP contribution in [0.3, 0.4) is 0 Å². The van der Waals surface area contributed by atoms with E-state index in [1.54, 1.807) is 0 Å². The molecule has 0 bridgehead atoms. The second-order valence-corrected chi connectivity index (χ2v) is 5.84. The quantitative estimate of drug-likeness (QED) is 0.856. The molecule has 0 radical (unpaired) electrons. The summed E-state index contributed by atoms with van der Waals surface area (Å²) in [6.45, 7) is 3.17. The predicted octanol–water partition coefficient (Wildman–Crippen LogP) is 4.10. The molecule has 3 heteroatoms. The summed E-state index contributed by atoms with van der Waals surface area (Å²) in [5.74, 6) is 0.862. The third-order valence-electron chi connectivity index (χ3n) is 3.98. The van der Waals surface area contributed by atoms with Crippen molar-refractivity contribution in [2.45, 2.75) is 38.8 Å². The second-order valence-electron chi connectivity index (χ2n) is 5.46. The van der Waals surface area contributed by atoms with E-state index in [0.29, 0.717) is 6.04 Å². The number of nitrogens with one attached hydrogen (secondary N) is 2. The van der Waals surface area contributed by atoms with Crippen LogP contribution in [0.4, 0.5) is 0 Å². The van der Waals surface area contributed by atoms with Gasteiger partial charge in [0.1, 0.15) is 0 Å². The second kappa shape index (κ2) is 4.94. The molecule has 1 saturated carbocycles. The van der Waals surface area contributed by atoms with Gasteiger partial charge in [-0.25, -0.2) is 0 Å². The highest BCUT2D eigenvalue weighted by Gasteiger charge is 2.21. The number of hydrogen-bond acceptors (Lipinski definition) is 1. The Hall–Kier alpha value is -0.990. The van der Waals surface area contributed by atoms with Gasteiger partial charge < -0.3 is 10.3 Å². The van der Waals surface area contributed by atoms with Gasteiger partial charge in [-0.2, -0.15) is 0 Å². The number of rotatable bonds is 3. The van der Waals surface area contributed by atoms with Crippen LogP contribution >= 0.6 is 11.6 Å². The number of halogens is 1. The van der Waals surface area contributed by atoms with Crippen molar-refractivity contribution in [3.63, 3.8) is 0 Å². The summed E-state index contributed by atoms with van der Waals surface area (Å²) >= 11 is 6.40. The zero-order valence-electron chi connectivity index (χ0n) is 10.7. The summed E-state index contributed by atoms with van der Waals surface area (Å²) in [5, 5.41) is 5.60. The van der Waals surface area contributed by atoms with Gasteiger partial charge in [-0.15, -0.1) is 0 Å². The molecular weight excluding hydrogens is 244 g/mol. The molecule has 96 valence electrons. The largest absolute Gasteiger partial charge is 0.356 e. The lowest BCUT2D eigenvalue weighted by atomic mass is 10.1. The van der Waals surface area contributed by atoms with E-state index in [1.807, 2.05) is 12.1 Å². The predicted molar refractivity (Wildman–Crippen MR) is 77.0 cm³/mol. The van der Waals surface area contributed by atoms with Gasteiger partial charge in [0.05, 0.1) is 5.02 Å². The maximum Gasteiger partial charge on any atom is 0.0705 e. The van der Waals surface area contributed by atoms with Crippen molar-refractivity contribution in [3.05, 3.63) is 35.0 Å². The highest BCUT2D eigenvalue weighted by molar-refractivity contribution is 6.36. The van der Waals surface area contributed by atoms with E-state index in [-0.39, 0.29) is 0 Å². The van der Waals surface area contributed by atoms with Crippen LogP contribution < -0.4 is 5.32 Å². The van der Waals surface area contributed by atoms with Gasteiger partial charge in [0.2, 0.25) is 0 Å². The van der Waals surface area contributed by atoms with E-state index < -0.39 is 0 Å². The number of H-pyrrole nitrogens is 1. The first-order valence-electron chi connectivity index (χ1n) is 6.72. The Morgan fingerprint density at radius 2 is 2.17 bits per heavy atom. The van der Waals surface area contributed by atoms with E-state index in [1.165, 1.54) is 19.3 Å². The summed E-state index contributed by atoms with van der Waals surface area (Å²) < 4.78 is 0. The molecule has 2 nitrogen and oxygen atoms in total. The number of para-hydroxylation sites is 1. The number of hydrogen-bond donors (Lipinski definition) is 2. The fourth-order valence-corrected chi connectivity index (χ4v) is 3.20. The fourth-order valence-electron chi connectivity index (χ4n) is 2.92. The van der Waals surface area contributed by atoms with Crippen molar-refractivity contribution in [3.8, 4) is 0 Å². The molecule has 3 rings (SSSR count). The first-order chi connectivity index (χ1) is 8.74. The van der Waals surface area contributed by atoms with Crippen molar-refractivity contribution >= 4 is 22.5 Å². The lowest BCUT2D eigenvalue weighted by Gasteiger charge is -2.11. The molecule has 1 aliphatic carbocycles. The molecule has 0 saturated heterocycles. The van der Waals surface area contributed by atoms with E-state index >= 15 is 0 Å². The van der Waals surface area contributed by atoms with Gasteiger partial charge in [-0.3, -0.25) is 0 Å². The molecule has 18 heavy (non-hydrogen) atoms. The van der Waals surface area contributed by atoms with Gasteiger partial charge in [0.15, 0.2) is 0 Å². The first-order valence-corrected chi connectivity index (χ1v) is 7.10. The molecule has 0 aliphatic heterocycles. The monoisotopic (exact) mass is 262 g/mol. The number of fused-ring (bicyclic) bond motifs is 1. The molecular formula is C15H19ClN2. The van der Waals surface area contributed by atoms with E-state index in [4.69, 9.17) is 11.6 Å². The van der Waals surface area contributed by atoms with Gasteiger partial charge >= 0.3 is 0 Å². The van der Waals surface area contributed by atoms with E-state index in [2.05, 4.69) is 29.4 Å². The standard InChI is InChI=1S/C15H19ClN2/c1-10-6-7-11(8-10)17-9-14-15(16)12-4-2-3-5-13(12)18-14/h2-5,10-11,17-18H,6-9H2,1H3. The summed E-state index contributed by atoms with van der Waals surface area (Å²) in [4.78, 5) is 3.40. The third-order valence-corrected chi connectivity index (χ3v) is 4.41. The summed E-state index contributed by atoms with van der Waals surface area (Å²) in [6.07, 6.45) is 3.93. The molecule has 0 amide bonds. The molecule has 2 aromatic rings. The van der Waals surface area contributed by atoms with Crippen LogP contribution in [0.15, 0.2) is 24.3 Å². The van der Waals surface area contributed by atoms with Crippen LogP contribution in [0.2, 0.25) is 5.02 Å². The SMILES string of the molecule is CC1CCC(NCc2[nH]c3ccccc3c2Cl)C1. The molecule has 1 aliphatic rings. The Morgan fingerprint density at radius 1 is 1.33 bits per heavy atom. The normalized spacial score (nSPS) is 23.9. The Morgan fingerprint density at radius 3 is 2.89 bits per heavy atom. The van der Waals surface area contributed by atoms with E-state index in [9.17, 15) is 0 Å². The summed E-state index contributed by atoms with van der Waals surface area (Å²) in [7, 11) is 0. The van der Waals surface area contributed by atoms with Gasteiger partial charge in [0, 0.05) is 29.2 Å². The lowest BCUT2D eigenvalue weighted by Crippen LogP contribution is -2.26. The van der Waals surface area contributed by atoms with Crippen molar-refractivity contribution in [1.82, 2.24) is 10.3 Å². The summed E-state index contributed by atoms with van der Waals surface area (Å²) in [5.41, 5.74) is 2.23. The average Bonchev–Trinajstić information content (AvgIpc) is 2.92. The minimum atomic E-state index is 0.655. The van der Waals surface area contributed by atoms with E-state index in [0.717, 1.165) is 34.1 Å². The molecule has 1 aromatic carbocycles. The van der Waals surface area contributed by atoms with Gasteiger partial charge in [-0.1, -0.05) is 36.7 Å². The van der Waals surface area contributed by atoms with Crippen molar-refractivity contribution in [2.24, 2.45) is 5.92 Å². The highest BCUT2D eigenvalue weighted by atomic mass is 35.5. The topological polar surface area (TPSA) is 27.8 Å². The molecule has 1 heterocycles. The van der Waals surface area contributed by atoms with Crippen LogP contribution in [0, 0.1) is 5.92 Å². The Balaban J connectivity index is 1.73. The molecule has 2 N–H and O–H groups in total. The average molecular weight is 263 g/mol. The molecule has 1 fully saturated rings. The Labute approximate surface area is 113 Å². The van der Waals surface area contributed by atoms with Crippen molar-refractivity contribution in [2.75, 3.05) is 0 Å². The number of aromatic amines is 1. The smallest absolute Gasteiger partial charge is 0.0705 e. The zero-order valence-corrected chi connectivity index (χ0v) is 11.4. The highest BCUT2D eigenvalue weighted by Crippen LogP contribution is 2.28. The first kappa shape index (κ1) is 12.1. The molecule has 2 atom stereocenters. The van der Waals surface area contributed by atoms with Crippen molar-refractivity contribution < 1.29 is 0 Å². The van der Waals surface area contributed by atoms with Gasteiger partial charge in [0.25, 0.3) is 0 Å². The lowest BCUT2D eigenvalue weighted by molar-refractivity contribution is 0.499. The van der Waals surface area contributed by atoms with Crippen molar-refractivity contribution in [1.29, 1.82) is 0 Å². The fraction of sp³-hybridized carbons (Fsp3) is 0.467. The Bertz CT molecular complexity index is 546. The van der Waals surface area contributed by atoms with Gasteiger partial charge in [-0.05, 0) is 31.2 Å². The van der Waals surface area contributed by atoms with Crippen LogP contribution in [0.5, 0.6) is 0 Å². The maximum absolute atomic E-state index is 6.40. The molecule has 2 unspecified atom stereocenters. The van der Waals surface area contributed by atoms with Crippen LogP contribution in [-0.4, -0.2) is 11.0 Å². The molecule has 1 aromatic heterocycles. The molecule has 0 spiro atoms. The van der Waals surface area contributed by atoms with Crippen LogP contribution in [0.1, 0.15) is 31.9 Å².